The molecule has 0 aromatic heterocycles. The summed E-state index contributed by atoms with van der Waals surface area (Å²) in [5.41, 5.74) is 1.11. The van der Waals surface area contributed by atoms with Gasteiger partial charge >= 0.3 is 0 Å². The van der Waals surface area contributed by atoms with Crippen LogP contribution in [0.3, 0.4) is 0 Å². The van der Waals surface area contributed by atoms with E-state index < -0.39 is 6.04 Å². The molecule has 0 radical (unpaired) electrons. The van der Waals surface area contributed by atoms with Gasteiger partial charge < -0.3 is 15.3 Å². The molecule has 1 aliphatic rings. The van der Waals surface area contributed by atoms with E-state index in [4.69, 9.17) is 5.11 Å². The summed E-state index contributed by atoms with van der Waals surface area (Å²) in [6.45, 7) is 2.12. The number of rotatable bonds is 7. The molecule has 1 fully saturated rings. The fourth-order valence-electron chi connectivity index (χ4n) is 2.69. The first-order valence-corrected chi connectivity index (χ1v) is 8.20. The number of aliphatic hydroxyl groups excluding tert-OH is 1. The fraction of sp³-hybridized carbons (Fsp3) is 0.444. The maximum absolute atomic E-state index is 12.2. The second kappa shape index (κ2) is 9.20. The minimum absolute atomic E-state index is 0.0807. The van der Waals surface area contributed by atoms with Crippen LogP contribution in [0.5, 0.6) is 0 Å². The zero-order valence-corrected chi connectivity index (χ0v) is 14.0. The summed E-state index contributed by atoms with van der Waals surface area (Å²) in [6.07, 6.45) is 4.16. The first kappa shape index (κ1) is 18.2. The maximum Gasteiger partial charge on any atom is 0.237 e. The van der Waals surface area contributed by atoms with E-state index in [2.05, 4.69) is 5.32 Å². The number of aliphatic hydroxyl groups is 1. The van der Waals surface area contributed by atoms with Crippen LogP contribution in [0, 0.1) is 0 Å². The molecule has 0 spiro atoms. The number of benzene rings is 1. The third-order valence-corrected chi connectivity index (χ3v) is 4.12. The standard InChI is InChI=1S/C18H25N3O3/c1-20(12-13-22)17(23)14-16-18(24)19-9-11-21(16)10-5-8-15-6-3-2-4-7-15/h2-8,16,22H,9-14H2,1H3,(H,19,24)/b8-5+/t16-/m1/s1. The molecule has 1 heterocycles. The van der Waals surface area contributed by atoms with Gasteiger partial charge in [-0.2, -0.15) is 0 Å². The summed E-state index contributed by atoms with van der Waals surface area (Å²) in [5, 5.41) is 11.7. The Morgan fingerprint density at radius 3 is 2.88 bits per heavy atom. The fourth-order valence-corrected chi connectivity index (χ4v) is 2.69. The highest BCUT2D eigenvalue weighted by Gasteiger charge is 2.31. The van der Waals surface area contributed by atoms with Crippen LogP contribution in [0.4, 0.5) is 0 Å². The molecular formula is C18H25N3O3. The Morgan fingerprint density at radius 2 is 2.17 bits per heavy atom. The Hall–Kier alpha value is -2.18. The van der Waals surface area contributed by atoms with E-state index in [1.165, 1.54) is 4.90 Å². The van der Waals surface area contributed by atoms with Crippen LogP contribution in [0.15, 0.2) is 36.4 Å². The van der Waals surface area contributed by atoms with Crippen molar-refractivity contribution in [1.82, 2.24) is 15.1 Å². The van der Waals surface area contributed by atoms with E-state index in [0.29, 0.717) is 19.6 Å². The summed E-state index contributed by atoms with van der Waals surface area (Å²) < 4.78 is 0. The predicted octanol–water partition coefficient (Wildman–Crippen LogP) is 0.341. The molecule has 1 atom stereocenters. The molecule has 130 valence electrons. The highest BCUT2D eigenvalue weighted by Crippen LogP contribution is 2.11. The molecule has 6 heteroatoms. The maximum atomic E-state index is 12.2. The molecule has 1 aliphatic heterocycles. The third kappa shape index (κ3) is 5.18. The summed E-state index contributed by atoms with van der Waals surface area (Å²) >= 11 is 0. The first-order valence-electron chi connectivity index (χ1n) is 8.20. The Balaban J connectivity index is 1.96. The molecule has 1 aromatic rings. The number of likely N-dealkylation sites (N-methyl/N-ethyl adjacent to an activating group) is 1. The molecule has 6 nitrogen and oxygen atoms in total. The molecule has 0 bridgehead atoms. The summed E-state index contributed by atoms with van der Waals surface area (Å²) in [7, 11) is 1.64. The Kier molecular flexibility index (Phi) is 6.96. The number of carbonyl (C=O) groups is 2. The Bertz CT molecular complexity index is 574. The van der Waals surface area contributed by atoms with Crippen LogP contribution in [0.1, 0.15) is 12.0 Å². The smallest absolute Gasteiger partial charge is 0.237 e. The number of hydrogen-bond acceptors (Lipinski definition) is 4. The van der Waals surface area contributed by atoms with Crippen LogP contribution in [0.25, 0.3) is 6.08 Å². The van der Waals surface area contributed by atoms with Gasteiger partial charge in [0.05, 0.1) is 19.1 Å². The van der Waals surface area contributed by atoms with Gasteiger partial charge in [0.2, 0.25) is 11.8 Å². The minimum Gasteiger partial charge on any atom is -0.395 e. The molecule has 0 unspecified atom stereocenters. The summed E-state index contributed by atoms with van der Waals surface area (Å²) in [5.74, 6) is -0.247. The number of piperazine rings is 1. The Morgan fingerprint density at radius 1 is 1.42 bits per heavy atom. The zero-order valence-electron chi connectivity index (χ0n) is 14.0. The van der Waals surface area contributed by atoms with Crippen molar-refractivity contribution in [1.29, 1.82) is 0 Å². The number of carbonyl (C=O) groups excluding carboxylic acids is 2. The largest absolute Gasteiger partial charge is 0.395 e. The van der Waals surface area contributed by atoms with E-state index in [1.807, 2.05) is 47.4 Å². The summed E-state index contributed by atoms with van der Waals surface area (Å²) in [4.78, 5) is 27.8. The van der Waals surface area contributed by atoms with Crippen LogP contribution in [0.2, 0.25) is 0 Å². The van der Waals surface area contributed by atoms with Crippen molar-refractivity contribution in [3.8, 4) is 0 Å². The van der Waals surface area contributed by atoms with Crippen molar-refractivity contribution in [2.45, 2.75) is 12.5 Å². The normalized spacial score (nSPS) is 18.6. The first-order chi connectivity index (χ1) is 11.6. The van der Waals surface area contributed by atoms with E-state index in [9.17, 15) is 9.59 Å². The number of nitrogens with zero attached hydrogens (tertiary/aromatic N) is 2. The lowest BCUT2D eigenvalue weighted by molar-refractivity contribution is -0.138. The van der Waals surface area contributed by atoms with Crippen LogP contribution >= 0.6 is 0 Å². The number of hydrogen-bond donors (Lipinski definition) is 2. The van der Waals surface area contributed by atoms with Gasteiger partial charge in [0.1, 0.15) is 0 Å². The van der Waals surface area contributed by atoms with Gasteiger partial charge in [-0.3, -0.25) is 14.5 Å². The van der Waals surface area contributed by atoms with Gasteiger partial charge in [0.15, 0.2) is 0 Å². The van der Waals surface area contributed by atoms with Gasteiger partial charge in [0, 0.05) is 33.2 Å². The second-order valence-electron chi connectivity index (χ2n) is 5.86. The number of amides is 2. The average molecular weight is 331 g/mol. The highest BCUT2D eigenvalue weighted by molar-refractivity contribution is 5.88. The van der Waals surface area contributed by atoms with Crippen LogP contribution < -0.4 is 5.32 Å². The van der Waals surface area contributed by atoms with Crippen LogP contribution in [-0.4, -0.2) is 72.6 Å². The van der Waals surface area contributed by atoms with E-state index in [0.717, 1.165) is 5.56 Å². The van der Waals surface area contributed by atoms with Crippen molar-refractivity contribution >= 4 is 17.9 Å². The van der Waals surface area contributed by atoms with Crippen molar-refractivity contribution < 1.29 is 14.7 Å². The summed E-state index contributed by atoms with van der Waals surface area (Å²) in [6, 6.07) is 9.50. The molecule has 0 aliphatic carbocycles. The van der Waals surface area contributed by atoms with Gasteiger partial charge in [-0.1, -0.05) is 42.5 Å². The van der Waals surface area contributed by atoms with Crippen molar-refractivity contribution in [2.75, 3.05) is 39.8 Å². The van der Waals surface area contributed by atoms with E-state index in [1.54, 1.807) is 7.05 Å². The SMILES string of the molecule is CN(CCO)C(=O)C[C@@H]1C(=O)NCCN1C/C=C/c1ccccc1. The monoisotopic (exact) mass is 331 g/mol. The molecule has 0 saturated carbocycles. The third-order valence-electron chi connectivity index (χ3n) is 4.12. The topological polar surface area (TPSA) is 72.9 Å². The minimum atomic E-state index is -0.465. The average Bonchev–Trinajstić information content (AvgIpc) is 2.58. The van der Waals surface area contributed by atoms with E-state index in [-0.39, 0.29) is 31.4 Å². The van der Waals surface area contributed by atoms with E-state index >= 15 is 0 Å². The Labute approximate surface area is 142 Å². The molecular weight excluding hydrogens is 306 g/mol. The van der Waals surface area contributed by atoms with Crippen molar-refractivity contribution in [2.24, 2.45) is 0 Å². The molecule has 1 aromatic carbocycles. The molecule has 2 N–H and O–H groups in total. The molecule has 1 saturated heterocycles. The lowest BCUT2D eigenvalue weighted by Gasteiger charge is -2.34. The highest BCUT2D eigenvalue weighted by atomic mass is 16.3. The lowest BCUT2D eigenvalue weighted by Crippen LogP contribution is -2.56. The van der Waals surface area contributed by atoms with Gasteiger partial charge in [-0.05, 0) is 5.56 Å². The quantitative estimate of drug-likeness (QED) is 0.756. The van der Waals surface area contributed by atoms with Gasteiger partial charge in [0.25, 0.3) is 0 Å². The second-order valence-corrected chi connectivity index (χ2v) is 5.86. The van der Waals surface area contributed by atoms with Gasteiger partial charge in [-0.25, -0.2) is 0 Å². The zero-order chi connectivity index (χ0) is 17.4. The number of nitrogens with one attached hydrogen (secondary N) is 1. The predicted molar refractivity (Wildman–Crippen MR) is 93.2 cm³/mol. The molecule has 2 amide bonds. The van der Waals surface area contributed by atoms with Crippen molar-refractivity contribution in [3.05, 3.63) is 42.0 Å². The van der Waals surface area contributed by atoms with Crippen molar-refractivity contribution in [3.63, 3.8) is 0 Å². The lowest BCUT2D eigenvalue weighted by atomic mass is 10.1. The van der Waals surface area contributed by atoms with Gasteiger partial charge in [-0.15, -0.1) is 0 Å². The van der Waals surface area contributed by atoms with Crippen LogP contribution in [-0.2, 0) is 9.59 Å². The molecule has 24 heavy (non-hydrogen) atoms. The molecule has 2 rings (SSSR count).